The molecule has 0 aliphatic heterocycles. The molecule has 0 amide bonds. The molecule has 3 heteroatoms. The third-order valence-corrected chi connectivity index (χ3v) is 11.6. The summed E-state index contributed by atoms with van der Waals surface area (Å²) in [7, 11) is 0. The van der Waals surface area contributed by atoms with Crippen LogP contribution in [-0.4, -0.2) is 13.7 Å². The summed E-state index contributed by atoms with van der Waals surface area (Å²) in [6.45, 7) is 6.80. The summed E-state index contributed by atoms with van der Waals surface area (Å²) in [4.78, 5) is 0. The van der Waals surface area contributed by atoms with Gasteiger partial charge in [-0.3, -0.25) is 0 Å². The maximum Gasteiger partial charge on any atom is 0.0548 e. The summed E-state index contributed by atoms with van der Waals surface area (Å²) >= 11 is 0. The van der Waals surface area contributed by atoms with Crippen LogP contribution in [0, 0.1) is 0 Å². The molecule has 0 atom stereocenters. The lowest BCUT2D eigenvalue weighted by atomic mass is 9.86. The van der Waals surface area contributed by atoms with Crippen molar-refractivity contribution in [3.05, 3.63) is 188 Å². The second kappa shape index (κ2) is 11.8. The van der Waals surface area contributed by atoms with Crippen molar-refractivity contribution in [2.24, 2.45) is 0 Å². The molecule has 0 saturated carbocycles. The van der Waals surface area contributed by atoms with Gasteiger partial charge < -0.3 is 13.7 Å². The van der Waals surface area contributed by atoms with E-state index in [1.54, 1.807) is 0 Å². The number of para-hydroxylation sites is 4. The highest BCUT2D eigenvalue weighted by molar-refractivity contribution is 6.29. The molecule has 11 aromatic rings. The van der Waals surface area contributed by atoms with Gasteiger partial charge in [0.1, 0.15) is 0 Å². The quantitative estimate of drug-likeness (QED) is 0.173. The minimum atomic E-state index is 0.121. The van der Waals surface area contributed by atoms with Gasteiger partial charge in [-0.1, -0.05) is 130 Å². The predicted octanol–water partition coefficient (Wildman–Crippen LogP) is 13.9. The topological polar surface area (TPSA) is 14.8 Å². The Morgan fingerprint density at radius 1 is 0.309 bits per heavy atom. The van der Waals surface area contributed by atoms with Gasteiger partial charge in [-0.15, -0.1) is 0 Å². The fraction of sp³-hybridized carbons (Fsp3) is 0.0769. The lowest BCUT2D eigenvalue weighted by Crippen LogP contribution is -2.10. The highest BCUT2D eigenvalue weighted by Gasteiger charge is 2.21. The van der Waals surface area contributed by atoms with Gasteiger partial charge in [-0.25, -0.2) is 0 Å². The minimum Gasteiger partial charge on any atom is -0.309 e. The number of rotatable bonds is 4. The molecule has 0 fully saturated rings. The van der Waals surface area contributed by atoms with Gasteiger partial charge in [-0.05, 0) is 94.9 Å². The fourth-order valence-corrected chi connectivity index (χ4v) is 9.02. The van der Waals surface area contributed by atoms with Crippen LogP contribution in [0.4, 0.5) is 0 Å². The molecule has 3 aromatic heterocycles. The zero-order valence-corrected chi connectivity index (χ0v) is 31.2. The third-order valence-electron chi connectivity index (χ3n) is 11.6. The van der Waals surface area contributed by atoms with Gasteiger partial charge >= 0.3 is 0 Å². The largest absolute Gasteiger partial charge is 0.309 e. The predicted molar refractivity (Wildman–Crippen MR) is 234 cm³/mol. The maximum absolute atomic E-state index is 2.46. The molecule has 3 heterocycles. The Hall–Kier alpha value is -6.84. The van der Waals surface area contributed by atoms with Crippen molar-refractivity contribution in [3.8, 4) is 28.2 Å². The van der Waals surface area contributed by atoms with Gasteiger partial charge in [-0.2, -0.15) is 0 Å². The average Bonchev–Trinajstić information content (AvgIpc) is 3.86. The number of hydrogen-bond acceptors (Lipinski definition) is 0. The van der Waals surface area contributed by atoms with Crippen LogP contribution in [0.25, 0.3) is 93.6 Å². The number of nitrogens with zero attached hydrogens (tertiary/aromatic N) is 3. The molecule has 0 unspecified atom stereocenters. The summed E-state index contributed by atoms with van der Waals surface area (Å²) < 4.78 is 7.30. The minimum absolute atomic E-state index is 0.121. The summed E-state index contributed by atoms with van der Waals surface area (Å²) in [5.74, 6) is 0. The first-order valence-electron chi connectivity index (χ1n) is 19.2. The molecule has 11 rings (SSSR count). The van der Waals surface area contributed by atoms with Gasteiger partial charge in [0.15, 0.2) is 0 Å². The normalized spacial score (nSPS) is 12.3. The van der Waals surface area contributed by atoms with E-state index in [1.165, 1.54) is 87.8 Å². The van der Waals surface area contributed by atoms with Crippen LogP contribution < -0.4 is 0 Å². The van der Waals surface area contributed by atoms with Crippen molar-refractivity contribution in [1.82, 2.24) is 13.7 Å². The van der Waals surface area contributed by atoms with Crippen molar-refractivity contribution in [2.75, 3.05) is 0 Å². The third kappa shape index (κ3) is 4.76. The van der Waals surface area contributed by atoms with Crippen molar-refractivity contribution in [2.45, 2.75) is 26.2 Å². The SMILES string of the molecule is CC(C)(C)c1ccc(-c2cccc(-n3c4ccccc4c4cc(-n5c6ccccc6c6c7c8ccccc8n(-c8ccccc8)c7ccc65)ccc43)c2)cc1. The molecule has 0 aliphatic carbocycles. The second-order valence-corrected chi connectivity index (χ2v) is 15.8. The van der Waals surface area contributed by atoms with Crippen LogP contribution >= 0.6 is 0 Å². The summed E-state index contributed by atoms with van der Waals surface area (Å²) in [5.41, 5.74) is 14.6. The van der Waals surface area contributed by atoms with E-state index < -0.39 is 0 Å². The zero-order chi connectivity index (χ0) is 36.8. The van der Waals surface area contributed by atoms with Crippen LogP contribution in [0.1, 0.15) is 26.3 Å². The van der Waals surface area contributed by atoms with Crippen molar-refractivity contribution in [1.29, 1.82) is 0 Å². The molecule has 55 heavy (non-hydrogen) atoms. The first-order chi connectivity index (χ1) is 26.9. The first-order valence-corrected chi connectivity index (χ1v) is 19.2. The van der Waals surface area contributed by atoms with Gasteiger partial charge in [0.25, 0.3) is 0 Å². The van der Waals surface area contributed by atoms with Crippen LogP contribution in [0.3, 0.4) is 0 Å². The highest BCUT2D eigenvalue weighted by Crippen LogP contribution is 2.43. The standard InChI is InChI=1S/C52H39N3/c1-52(2,3)36-26-24-34(25-27-36)35-14-13-17-38(32-35)54-44-21-10-7-18-40(44)43-33-39(28-29-47(43)54)55-46-23-12-9-20-42(46)51-49(55)31-30-48-50(51)41-19-8-11-22-45(41)53(48)37-15-5-4-6-16-37/h4-33H,1-3H3. The Morgan fingerprint density at radius 2 is 0.782 bits per heavy atom. The van der Waals surface area contributed by atoms with Gasteiger partial charge in [0.2, 0.25) is 0 Å². The molecule has 0 N–H and O–H groups in total. The number of benzene rings is 8. The number of fused-ring (bicyclic) bond motifs is 10. The lowest BCUT2D eigenvalue weighted by Gasteiger charge is -2.19. The molecule has 0 saturated heterocycles. The van der Waals surface area contributed by atoms with E-state index in [0.717, 1.165) is 11.4 Å². The molecule has 8 aromatic carbocycles. The molecular weight excluding hydrogens is 667 g/mol. The Morgan fingerprint density at radius 3 is 1.42 bits per heavy atom. The zero-order valence-electron chi connectivity index (χ0n) is 31.2. The Labute approximate surface area is 319 Å². The highest BCUT2D eigenvalue weighted by atomic mass is 15.0. The van der Waals surface area contributed by atoms with E-state index >= 15 is 0 Å². The lowest BCUT2D eigenvalue weighted by molar-refractivity contribution is 0.590. The van der Waals surface area contributed by atoms with Crippen LogP contribution in [0.5, 0.6) is 0 Å². The summed E-state index contributed by atoms with van der Waals surface area (Å²) in [5, 5.41) is 7.58. The first kappa shape index (κ1) is 31.7. The van der Waals surface area contributed by atoms with Crippen molar-refractivity contribution < 1.29 is 0 Å². The molecular formula is C52H39N3. The van der Waals surface area contributed by atoms with E-state index in [1.807, 2.05) is 0 Å². The Bertz CT molecular complexity index is 3270. The number of aromatic nitrogens is 3. The Balaban J connectivity index is 1.13. The molecule has 0 bridgehead atoms. The molecule has 0 radical (unpaired) electrons. The van der Waals surface area contributed by atoms with Crippen LogP contribution in [0.15, 0.2) is 182 Å². The van der Waals surface area contributed by atoms with E-state index in [4.69, 9.17) is 0 Å². The molecule has 262 valence electrons. The monoisotopic (exact) mass is 705 g/mol. The van der Waals surface area contributed by atoms with E-state index in [9.17, 15) is 0 Å². The van der Waals surface area contributed by atoms with E-state index in [-0.39, 0.29) is 5.41 Å². The maximum atomic E-state index is 2.46. The van der Waals surface area contributed by atoms with Gasteiger partial charge in [0, 0.05) is 49.4 Å². The molecule has 0 aliphatic rings. The van der Waals surface area contributed by atoms with Crippen molar-refractivity contribution >= 4 is 65.4 Å². The van der Waals surface area contributed by atoms with Crippen LogP contribution in [0.2, 0.25) is 0 Å². The van der Waals surface area contributed by atoms with Gasteiger partial charge in [0.05, 0.1) is 33.1 Å². The van der Waals surface area contributed by atoms with E-state index in [0.29, 0.717) is 0 Å². The molecule has 0 spiro atoms. The van der Waals surface area contributed by atoms with Crippen molar-refractivity contribution in [3.63, 3.8) is 0 Å². The summed E-state index contributed by atoms with van der Waals surface area (Å²) in [6.07, 6.45) is 0. The molecule has 3 nitrogen and oxygen atoms in total. The smallest absolute Gasteiger partial charge is 0.0548 e. The second-order valence-electron chi connectivity index (χ2n) is 15.8. The fourth-order valence-electron chi connectivity index (χ4n) is 9.02. The summed E-state index contributed by atoms with van der Waals surface area (Å²) in [6, 6.07) is 66.9. The van der Waals surface area contributed by atoms with E-state index in [2.05, 4.69) is 216 Å². The average molecular weight is 706 g/mol. The number of hydrogen-bond donors (Lipinski definition) is 0. The van der Waals surface area contributed by atoms with Crippen LogP contribution in [-0.2, 0) is 5.41 Å². The Kier molecular flexibility index (Phi) is 6.81.